The number of aliphatic hydroxyl groups excluding tert-OH is 1. The number of benzene rings is 2. The van der Waals surface area contributed by atoms with Gasteiger partial charge in [-0.1, -0.05) is 48.5 Å². The second-order valence-corrected chi connectivity index (χ2v) is 8.70. The lowest BCUT2D eigenvalue weighted by Crippen LogP contribution is -2.33. The van der Waals surface area contributed by atoms with E-state index in [9.17, 15) is 14.7 Å². The Morgan fingerprint density at radius 1 is 0.974 bits per heavy atom. The zero-order valence-corrected chi connectivity index (χ0v) is 21.3. The minimum absolute atomic E-state index is 0.0478. The largest absolute Gasteiger partial charge is 0.415 e. The van der Waals surface area contributed by atoms with Crippen LogP contribution in [0.3, 0.4) is 0 Å². The third-order valence-electron chi connectivity index (χ3n) is 5.57. The topological polar surface area (TPSA) is 121 Å². The molecule has 4 aromatic rings. The molecule has 4 rings (SSSR count). The van der Waals surface area contributed by atoms with Gasteiger partial charge >= 0.3 is 6.09 Å². The van der Waals surface area contributed by atoms with E-state index in [0.29, 0.717) is 22.9 Å². The number of nitrogens with zero attached hydrogens (tertiary/aromatic N) is 5. The van der Waals surface area contributed by atoms with E-state index in [4.69, 9.17) is 4.74 Å². The summed E-state index contributed by atoms with van der Waals surface area (Å²) in [4.78, 5) is 41.2. The Hall–Kier alpha value is -4.83. The monoisotopic (exact) mass is 512 g/mol. The summed E-state index contributed by atoms with van der Waals surface area (Å²) in [6.45, 7) is -0.0478. The quantitative estimate of drug-likeness (QED) is 0.363. The third-order valence-corrected chi connectivity index (χ3v) is 5.57. The van der Waals surface area contributed by atoms with Crippen LogP contribution in [-0.4, -0.2) is 64.6 Å². The van der Waals surface area contributed by atoms with Crippen LogP contribution in [0, 0.1) is 0 Å². The molecule has 2 amide bonds. The third kappa shape index (κ3) is 6.48. The normalized spacial score (nSPS) is 11.4. The molecule has 2 heterocycles. The number of pyridine rings is 1. The van der Waals surface area contributed by atoms with Gasteiger partial charge in [0.1, 0.15) is 11.4 Å². The SMILES string of the molecule is CN(CC(O)c1cccc(NC(=O)c2ccccn2)c1)C(=O)Oc1cnc(N(C)C)nc1-c1ccccc1. The fraction of sp³-hybridized carbons (Fsp3) is 0.179. The summed E-state index contributed by atoms with van der Waals surface area (Å²) >= 11 is 0. The number of amides is 2. The Balaban J connectivity index is 1.44. The van der Waals surface area contributed by atoms with Gasteiger partial charge in [0.15, 0.2) is 5.75 Å². The Labute approximate surface area is 220 Å². The van der Waals surface area contributed by atoms with Crippen LogP contribution in [0.5, 0.6) is 5.75 Å². The van der Waals surface area contributed by atoms with E-state index in [0.717, 1.165) is 5.56 Å². The highest BCUT2D eigenvalue weighted by Gasteiger charge is 2.21. The maximum Gasteiger partial charge on any atom is 0.415 e. The second-order valence-electron chi connectivity index (χ2n) is 8.70. The van der Waals surface area contributed by atoms with Crippen LogP contribution in [-0.2, 0) is 0 Å². The molecule has 0 aliphatic heterocycles. The molecule has 1 atom stereocenters. The van der Waals surface area contributed by atoms with Crippen molar-refractivity contribution in [2.24, 2.45) is 0 Å². The summed E-state index contributed by atoms with van der Waals surface area (Å²) in [5.74, 6) is 0.310. The van der Waals surface area contributed by atoms with Crippen molar-refractivity contribution in [3.05, 3.63) is 96.4 Å². The molecule has 0 aliphatic carbocycles. The molecule has 10 nitrogen and oxygen atoms in total. The second kappa shape index (κ2) is 11.9. The van der Waals surface area contributed by atoms with Crippen LogP contribution >= 0.6 is 0 Å². The molecule has 2 aromatic carbocycles. The van der Waals surface area contributed by atoms with Crippen molar-refractivity contribution in [1.82, 2.24) is 19.9 Å². The molecule has 0 spiro atoms. The van der Waals surface area contributed by atoms with E-state index in [1.54, 1.807) is 47.4 Å². The smallest absolute Gasteiger partial charge is 0.406 e. The lowest BCUT2D eigenvalue weighted by Gasteiger charge is -2.22. The number of nitrogens with one attached hydrogen (secondary N) is 1. The summed E-state index contributed by atoms with van der Waals surface area (Å²) < 4.78 is 5.63. The van der Waals surface area contributed by atoms with Crippen molar-refractivity contribution in [3.8, 4) is 17.0 Å². The molecular formula is C28H28N6O4. The number of hydrogen-bond acceptors (Lipinski definition) is 8. The molecule has 0 radical (unpaired) electrons. The minimum Gasteiger partial charge on any atom is -0.406 e. The predicted octanol–water partition coefficient (Wildman–Crippen LogP) is 4.02. The molecule has 0 fully saturated rings. The maximum atomic E-state index is 12.9. The summed E-state index contributed by atoms with van der Waals surface area (Å²) in [7, 11) is 5.17. The first-order valence-corrected chi connectivity index (χ1v) is 11.8. The summed E-state index contributed by atoms with van der Waals surface area (Å²) in [5.41, 5.74) is 2.54. The molecule has 2 N–H and O–H groups in total. The number of ether oxygens (including phenoxy) is 1. The lowest BCUT2D eigenvalue weighted by atomic mass is 10.1. The van der Waals surface area contributed by atoms with E-state index in [1.165, 1.54) is 24.3 Å². The number of anilines is 2. The first kappa shape index (κ1) is 26.2. The molecule has 194 valence electrons. The van der Waals surface area contributed by atoms with Crippen LogP contribution < -0.4 is 15.0 Å². The Morgan fingerprint density at radius 2 is 1.74 bits per heavy atom. The Morgan fingerprint density at radius 3 is 2.45 bits per heavy atom. The highest BCUT2D eigenvalue weighted by Crippen LogP contribution is 2.29. The van der Waals surface area contributed by atoms with Crippen LogP contribution in [0.25, 0.3) is 11.3 Å². The van der Waals surface area contributed by atoms with Gasteiger partial charge in [0.25, 0.3) is 5.91 Å². The molecule has 2 aromatic heterocycles. The summed E-state index contributed by atoms with van der Waals surface area (Å²) in [5, 5.41) is 13.6. The van der Waals surface area contributed by atoms with Gasteiger partial charge in [-0.2, -0.15) is 0 Å². The standard InChI is InChI=1S/C28H28N6O4/c1-33(2)27-30-17-24(25(32-27)19-10-5-4-6-11-19)38-28(37)34(3)18-23(35)20-12-9-13-21(16-20)31-26(36)22-14-7-8-15-29-22/h4-17,23,35H,18H2,1-3H3,(H,31,36). The molecule has 0 saturated heterocycles. The average Bonchev–Trinajstić information content (AvgIpc) is 2.94. The van der Waals surface area contributed by atoms with E-state index >= 15 is 0 Å². The van der Waals surface area contributed by atoms with Gasteiger partial charge in [-0.25, -0.2) is 14.8 Å². The maximum absolute atomic E-state index is 12.9. The van der Waals surface area contributed by atoms with Gasteiger partial charge in [0.05, 0.1) is 18.8 Å². The minimum atomic E-state index is -1.03. The number of aromatic nitrogens is 3. The predicted molar refractivity (Wildman–Crippen MR) is 144 cm³/mol. The van der Waals surface area contributed by atoms with Gasteiger partial charge in [-0.05, 0) is 29.8 Å². The fourth-order valence-corrected chi connectivity index (χ4v) is 3.58. The fourth-order valence-electron chi connectivity index (χ4n) is 3.58. The Bertz CT molecular complexity index is 1400. The van der Waals surface area contributed by atoms with Gasteiger partial charge in [0, 0.05) is 38.6 Å². The first-order chi connectivity index (χ1) is 18.3. The number of hydrogen-bond donors (Lipinski definition) is 2. The average molecular weight is 513 g/mol. The van der Waals surface area contributed by atoms with E-state index in [-0.39, 0.29) is 23.9 Å². The highest BCUT2D eigenvalue weighted by molar-refractivity contribution is 6.02. The number of rotatable bonds is 8. The van der Waals surface area contributed by atoms with Crippen molar-refractivity contribution < 1.29 is 19.4 Å². The van der Waals surface area contributed by atoms with Crippen molar-refractivity contribution in [3.63, 3.8) is 0 Å². The molecule has 38 heavy (non-hydrogen) atoms. The molecule has 1 unspecified atom stereocenters. The van der Waals surface area contributed by atoms with Gasteiger partial charge in [0.2, 0.25) is 5.95 Å². The Kier molecular flexibility index (Phi) is 8.24. The van der Waals surface area contributed by atoms with Crippen LogP contribution in [0.15, 0.2) is 85.2 Å². The summed E-state index contributed by atoms with van der Waals surface area (Å²) in [6, 6.07) is 21.2. The zero-order chi connectivity index (χ0) is 27.1. The van der Waals surface area contributed by atoms with Crippen LogP contribution in [0.4, 0.5) is 16.4 Å². The van der Waals surface area contributed by atoms with Gasteiger partial charge < -0.3 is 25.0 Å². The molecule has 0 bridgehead atoms. The van der Waals surface area contributed by atoms with E-state index in [1.807, 2.05) is 44.4 Å². The highest BCUT2D eigenvalue weighted by atomic mass is 16.6. The van der Waals surface area contributed by atoms with Gasteiger partial charge in [-0.15, -0.1) is 0 Å². The van der Waals surface area contributed by atoms with Gasteiger partial charge in [-0.3, -0.25) is 9.78 Å². The first-order valence-electron chi connectivity index (χ1n) is 11.8. The van der Waals surface area contributed by atoms with Crippen LogP contribution in [0.1, 0.15) is 22.2 Å². The molecule has 0 aliphatic rings. The van der Waals surface area contributed by atoms with E-state index < -0.39 is 12.2 Å². The lowest BCUT2D eigenvalue weighted by molar-refractivity contribution is 0.102. The van der Waals surface area contributed by atoms with Crippen molar-refractivity contribution in [2.45, 2.75) is 6.10 Å². The van der Waals surface area contributed by atoms with E-state index in [2.05, 4.69) is 20.3 Å². The van der Waals surface area contributed by atoms with Crippen LogP contribution in [0.2, 0.25) is 0 Å². The molecular weight excluding hydrogens is 484 g/mol. The summed E-state index contributed by atoms with van der Waals surface area (Å²) in [6.07, 6.45) is 1.29. The van der Waals surface area contributed by atoms with Crippen molar-refractivity contribution in [2.75, 3.05) is 37.9 Å². The number of carbonyl (C=O) groups is 2. The number of aliphatic hydroxyl groups is 1. The molecule has 10 heteroatoms. The van der Waals surface area contributed by atoms with Crippen molar-refractivity contribution in [1.29, 1.82) is 0 Å². The number of likely N-dealkylation sites (N-methyl/N-ethyl adjacent to an activating group) is 1. The zero-order valence-electron chi connectivity index (χ0n) is 21.3. The van der Waals surface area contributed by atoms with Crippen molar-refractivity contribution >= 4 is 23.6 Å². The number of carbonyl (C=O) groups excluding carboxylic acids is 2. The molecule has 0 saturated carbocycles.